The summed E-state index contributed by atoms with van der Waals surface area (Å²) in [6, 6.07) is 1.18. The van der Waals surface area contributed by atoms with E-state index in [4.69, 9.17) is 0 Å². The molecule has 1 saturated heterocycles. The Hall–Kier alpha value is -2.05. The van der Waals surface area contributed by atoms with Crippen molar-refractivity contribution in [3.63, 3.8) is 0 Å². The van der Waals surface area contributed by atoms with Gasteiger partial charge in [-0.3, -0.25) is 14.9 Å². The number of likely N-dealkylation sites (tertiary alicyclic amines) is 1. The highest BCUT2D eigenvalue weighted by molar-refractivity contribution is 5.95. The van der Waals surface area contributed by atoms with Crippen LogP contribution in [0.2, 0.25) is 0 Å². The van der Waals surface area contributed by atoms with E-state index in [1.54, 1.807) is 0 Å². The van der Waals surface area contributed by atoms with Crippen LogP contribution in [0.5, 0.6) is 0 Å². The number of nitrogens with zero attached hydrogens (tertiary/aromatic N) is 2. The minimum Gasteiger partial charge on any atom is -0.338 e. The molecule has 1 aliphatic rings. The van der Waals surface area contributed by atoms with Gasteiger partial charge in [-0.25, -0.2) is 4.39 Å². The molecule has 5 nitrogen and oxygen atoms in total. The molecular formula is C13H14F2N2O3. The molecule has 1 amide bonds. The highest BCUT2D eigenvalue weighted by Gasteiger charge is 2.35. The third-order valence-corrected chi connectivity index (χ3v) is 3.41. The van der Waals surface area contributed by atoms with Crippen molar-refractivity contribution >= 4 is 11.6 Å². The molecule has 0 spiro atoms. The summed E-state index contributed by atoms with van der Waals surface area (Å²) in [5.41, 5.74) is -1.70. The Morgan fingerprint density at radius 2 is 2.05 bits per heavy atom. The lowest BCUT2D eigenvalue weighted by atomic mass is 9.93. The Morgan fingerprint density at radius 3 is 2.55 bits per heavy atom. The molecule has 0 bridgehead atoms. The van der Waals surface area contributed by atoms with Crippen molar-refractivity contribution in [1.29, 1.82) is 0 Å². The number of nitro groups is 1. The first-order valence-corrected chi connectivity index (χ1v) is 6.14. The number of hydrogen-bond acceptors (Lipinski definition) is 3. The molecule has 0 aliphatic carbocycles. The summed E-state index contributed by atoms with van der Waals surface area (Å²) in [6.45, 7) is 4.76. The number of carbonyl (C=O) groups is 1. The first-order chi connectivity index (χ1) is 9.21. The summed E-state index contributed by atoms with van der Waals surface area (Å²) in [5, 5.41) is 10.6. The van der Waals surface area contributed by atoms with Gasteiger partial charge in [-0.05, 0) is 17.9 Å². The number of carbonyl (C=O) groups excluding carboxylic acids is 1. The van der Waals surface area contributed by atoms with Gasteiger partial charge in [0.05, 0.1) is 16.6 Å². The van der Waals surface area contributed by atoms with Crippen LogP contribution in [-0.4, -0.2) is 28.8 Å². The van der Waals surface area contributed by atoms with E-state index in [-0.39, 0.29) is 5.41 Å². The number of amides is 1. The molecule has 0 aromatic heterocycles. The van der Waals surface area contributed by atoms with Crippen molar-refractivity contribution in [1.82, 2.24) is 4.90 Å². The molecule has 20 heavy (non-hydrogen) atoms. The van der Waals surface area contributed by atoms with Gasteiger partial charge in [-0.15, -0.1) is 0 Å². The number of rotatable bonds is 2. The fourth-order valence-electron chi connectivity index (χ4n) is 2.32. The van der Waals surface area contributed by atoms with Gasteiger partial charge in [0.1, 0.15) is 5.82 Å². The predicted molar refractivity (Wildman–Crippen MR) is 67.3 cm³/mol. The van der Waals surface area contributed by atoms with E-state index in [2.05, 4.69) is 0 Å². The van der Waals surface area contributed by atoms with Crippen LogP contribution in [0.15, 0.2) is 12.1 Å². The Morgan fingerprint density at radius 1 is 1.40 bits per heavy atom. The third kappa shape index (κ3) is 2.61. The molecule has 1 aromatic carbocycles. The quantitative estimate of drug-likeness (QED) is 0.619. The molecule has 2 rings (SSSR count). The van der Waals surface area contributed by atoms with E-state index >= 15 is 0 Å². The molecule has 1 aliphatic heterocycles. The van der Waals surface area contributed by atoms with Crippen LogP contribution in [0.1, 0.15) is 30.6 Å². The average molecular weight is 284 g/mol. The van der Waals surface area contributed by atoms with E-state index in [9.17, 15) is 23.7 Å². The van der Waals surface area contributed by atoms with Gasteiger partial charge in [0.15, 0.2) is 0 Å². The van der Waals surface area contributed by atoms with Crippen LogP contribution >= 0.6 is 0 Å². The van der Waals surface area contributed by atoms with Crippen LogP contribution in [-0.2, 0) is 0 Å². The van der Waals surface area contributed by atoms with Gasteiger partial charge in [-0.1, -0.05) is 13.8 Å². The van der Waals surface area contributed by atoms with Gasteiger partial charge < -0.3 is 4.90 Å². The highest BCUT2D eigenvalue weighted by atomic mass is 19.1. The van der Waals surface area contributed by atoms with Gasteiger partial charge >= 0.3 is 5.69 Å². The standard InChI is InChI=1S/C13H14F2N2O3/c1-13(2)3-4-16(7-13)12(18)9-5-8(14)6-10(11(9)15)17(19)20/h5-6H,3-4,7H2,1-2H3. The van der Waals surface area contributed by atoms with E-state index in [1.165, 1.54) is 4.90 Å². The topological polar surface area (TPSA) is 63.5 Å². The fourth-order valence-corrected chi connectivity index (χ4v) is 2.32. The number of benzene rings is 1. The second-order valence-electron chi connectivity index (χ2n) is 5.68. The zero-order valence-corrected chi connectivity index (χ0v) is 11.2. The van der Waals surface area contributed by atoms with Gasteiger partial charge in [-0.2, -0.15) is 4.39 Å². The second kappa shape index (κ2) is 4.81. The highest BCUT2D eigenvalue weighted by Crippen LogP contribution is 2.31. The van der Waals surface area contributed by atoms with E-state index in [0.29, 0.717) is 25.2 Å². The summed E-state index contributed by atoms with van der Waals surface area (Å²) in [7, 11) is 0. The Bertz CT molecular complexity index is 587. The lowest BCUT2D eigenvalue weighted by Crippen LogP contribution is -2.31. The molecular weight excluding hydrogens is 270 g/mol. The minimum absolute atomic E-state index is 0.0919. The van der Waals surface area contributed by atoms with Gasteiger partial charge in [0.2, 0.25) is 5.82 Å². The largest absolute Gasteiger partial charge is 0.338 e. The van der Waals surface area contributed by atoms with Crippen LogP contribution in [0, 0.1) is 27.2 Å². The SMILES string of the molecule is CC1(C)CCN(C(=O)c2cc(F)cc([N+](=O)[O-])c2F)C1. The molecule has 1 fully saturated rings. The second-order valence-corrected chi connectivity index (χ2v) is 5.68. The van der Waals surface area contributed by atoms with E-state index in [0.717, 1.165) is 6.42 Å². The fraction of sp³-hybridized carbons (Fsp3) is 0.462. The normalized spacial score (nSPS) is 17.3. The minimum atomic E-state index is -1.29. The monoisotopic (exact) mass is 284 g/mol. The number of nitro benzene ring substituents is 1. The molecule has 0 atom stereocenters. The van der Waals surface area contributed by atoms with E-state index < -0.39 is 33.7 Å². The van der Waals surface area contributed by atoms with Crippen molar-refractivity contribution in [3.05, 3.63) is 39.4 Å². The van der Waals surface area contributed by atoms with Crippen LogP contribution in [0.4, 0.5) is 14.5 Å². The molecule has 0 saturated carbocycles. The van der Waals surface area contributed by atoms with Crippen molar-refractivity contribution in [3.8, 4) is 0 Å². The molecule has 1 aromatic rings. The Balaban J connectivity index is 2.38. The van der Waals surface area contributed by atoms with Crippen molar-refractivity contribution < 1.29 is 18.5 Å². The summed E-state index contributed by atoms with van der Waals surface area (Å²) in [6.07, 6.45) is 0.748. The maximum atomic E-state index is 13.9. The summed E-state index contributed by atoms with van der Waals surface area (Å²) in [5.74, 6) is -3.00. The number of hydrogen-bond donors (Lipinski definition) is 0. The summed E-state index contributed by atoms with van der Waals surface area (Å²) >= 11 is 0. The number of halogens is 2. The third-order valence-electron chi connectivity index (χ3n) is 3.41. The predicted octanol–water partition coefficient (Wildman–Crippen LogP) is 2.75. The maximum absolute atomic E-state index is 13.9. The lowest BCUT2D eigenvalue weighted by Gasteiger charge is -2.20. The van der Waals surface area contributed by atoms with Crippen LogP contribution in [0.3, 0.4) is 0 Å². The smallest absolute Gasteiger partial charge is 0.308 e. The molecule has 7 heteroatoms. The Kier molecular flexibility index (Phi) is 3.45. The first-order valence-electron chi connectivity index (χ1n) is 6.14. The molecule has 0 unspecified atom stereocenters. The van der Waals surface area contributed by atoms with E-state index in [1.807, 2.05) is 13.8 Å². The summed E-state index contributed by atoms with van der Waals surface area (Å²) in [4.78, 5) is 23.2. The van der Waals surface area contributed by atoms with Gasteiger partial charge in [0, 0.05) is 13.1 Å². The molecule has 108 valence electrons. The lowest BCUT2D eigenvalue weighted by molar-refractivity contribution is -0.387. The first kappa shape index (κ1) is 14.4. The zero-order valence-electron chi connectivity index (χ0n) is 11.2. The maximum Gasteiger partial charge on any atom is 0.308 e. The molecule has 1 heterocycles. The van der Waals surface area contributed by atoms with Crippen LogP contribution < -0.4 is 0 Å². The van der Waals surface area contributed by atoms with Crippen molar-refractivity contribution in [2.75, 3.05) is 13.1 Å². The van der Waals surface area contributed by atoms with Gasteiger partial charge in [0.25, 0.3) is 5.91 Å². The van der Waals surface area contributed by atoms with Crippen molar-refractivity contribution in [2.24, 2.45) is 5.41 Å². The zero-order chi connectivity index (χ0) is 15.1. The van der Waals surface area contributed by atoms with Crippen LogP contribution in [0.25, 0.3) is 0 Å². The Labute approximate surface area is 114 Å². The molecule has 0 N–H and O–H groups in total. The average Bonchev–Trinajstić information content (AvgIpc) is 2.71. The summed E-state index contributed by atoms with van der Waals surface area (Å²) < 4.78 is 27.3. The van der Waals surface area contributed by atoms with Crippen molar-refractivity contribution in [2.45, 2.75) is 20.3 Å². The molecule has 0 radical (unpaired) electrons.